The van der Waals surface area contributed by atoms with Gasteiger partial charge in [0.05, 0.1) is 12.9 Å². The molecule has 0 bridgehead atoms. The Labute approximate surface area is 234 Å². The molecule has 12 nitrogen and oxygen atoms in total. The molecule has 2 amide bonds. The Morgan fingerprint density at radius 1 is 1.12 bits per heavy atom. The lowest BCUT2D eigenvalue weighted by Gasteiger charge is -2.27. The van der Waals surface area contributed by atoms with E-state index in [0.717, 1.165) is 10.5 Å². The number of ether oxygens (including phenoxy) is 1. The van der Waals surface area contributed by atoms with Crippen LogP contribution in [0.15, 0.2) is 36.9 Å². The number of hydrogen-bond donors (Lipinski definition) is 5. The van der Waals surface area contributed by atoms with Gasteiger partial charge in [0.1, 0.15) is 30.2 Å². The molecule has 1 saturated heterocycles. The van der Waals surface area contributed by atoms with E-state index in [4.69, 9.17) is 10.5 Å². The zero-order chi connectivity index (χ0) is 29.9. The molecule has 41 heavy (non-hydrogen) atoms. The summed E-state index contributed by atoms with van der Waals surface area (Å²) in [5, 5.41) is 26.6. The molecule has 0 radical (unpaired) electrons. The summed E-state index contributed by atoms with van der Waals surface area (Å²) in [6, 6.07) is 6.94. The lowest BCUT2D eigenvalue weighted by Crippen LogP contribution is -2.44. The monoisotopic (exact) mass is 580 g/mol. The molecule has 1 aliphatic rings. The second-order valence-corrected chi connectivity index (χ2v) is 11.0. The average Bonchev–Trinajstić information content (AvgIpc) is 3.43. The molecule has 0 spiro atoms. The van der Waals surface area contributed by atoms with Crippen LogP contribution in [0.1, 0.15) is 39.0 Å². The smallest absolute Gasteiger partial charge is 0.387 e. The summed E-state index contributed by atoms with van der Waals surface area (Å²) < 4.78 is 47.2. The maximum Gasteiger partial charge on any atom is 0.401 e. The van der Waals surface area contributed by atoms with E-state index in [1.54, 1.807) is 12.1 Å². The van der Waals surface area contributed by atoms with Crippen molar-refractivity contribution in [1.82, 2.24) is 29.7 Å². The van der Waals surface area contributed by atoms with Gasteiger partial charge in [-0.25, -0.2) is 19.7 Å². The van der Waals surface area contributed by atoms with Gasteiger partial charge in [0, 0.05) is 25.3 Å². The van der Waals surface area contributed by atoms with Gasteiger partial charge in [-0.1, -0.05) is 32.9 Å². The van der Waals surface area contributed by atoms with E-state index in [1.165, 1.54) is 17.2 Å². The first-order valence-electron chi connectivity index (χ1n) is 13.1. The van der Waals surface area contributed by atoms with E-state index in [-0.39, 0.29) is 48.5 Å². The van der Waals surface area contributed by atoms with E-state index < -0.39 is 43.3 Å². The molecule has 3 aromatic rings. The molecule has 3 heterocycles. The Morgan fingerprint density at radius 3 is 2.49 bits per heavy atom. The second-order valence-electron chi connectivity index (χ2n) is 11.0. The van der Waals surface area contributed by atoms with Crippen LogP contribution >= 0.6 is 0 Å². The minimum Gasteiger partial charge on any atom is -0.387 e. The van der Waals surface area contributed by atoms with Gasteiger partial charge in [0.25, 0.3) is 0 Å². The van der Waals surface area contributed by atoms with Crippen LogP contribution in [0.2, 0.25) is 0 Å². The van der Waals surface area contributed by atoms with Crippen molar-refractivity contribution in [3.63, 3.8) is 0 Å². The molecule has 6 N–H and O–H groups in total. The maximum atomic E-state index is 13.3. The number of aliphatic hydroxyl groups excluding tert-OH is 2. The Balaban J connectivity index is 1.32. The van der Waals surface area contributed by atoms with Crippen LogP contribution in [0.5, 0.6) is 0 Å². The number of urea groups is 1. The van der Waals surface area contributed by atoms with E-state index in [9.17, 15) is 28.2 Å². The number of carbonyl (C=O) groups excluding carboxylic acids is 1. The van der Waals surface area contributed by atoms with Gasteiger partial charge < -0.3 is 31.3 Å². The van der Waals surface area contributed by atoms with Crippen molar-refractivity contribution < 1.29 is 32.9 Å². The number of aromatic nitrogens is 4. The first-order chi connectivity index (χ1) is 19.2. The molecular weight excluding hydrogens is 545 g/mol. The third-order valence-corrected chi connectivity index (χ3v) is 6.78. The molecule has 15 heteroatoms. The molecule has 0 aliphatic carbocycles. The fourth-order valence-electron chi connectivity index (χ4n) is 4.64. The topological polar surface area (TPSA) is 164 Å². The number of nitrogen functional groups attached to an aromatic ring is 1. The molecule has 224 valence electrons. The number of hydrogen-bond acceptors (Lipinski definition) is 9. The summed E-state index contributed by atoms with van der Waals surface area (Å²) in [5.74, 6) is 0.107. The zero-order valence-corrected chi connectivity index (χ0v) is 23.0. The first-order valence-corrected chi connectivity index (χ1v) is 13.1. The number of aliphatic hydroxyl groups is 2. The highest BCUT2D eigenvalue weighted by atomic mass is 19.4. The number of nitrogens with zero attached hydrogens (tertiary/aromatic N) is 5. The van der Waals surface area contributed by atoms with Gasteiger partial charge in [0.2, 0.25) is 0 Å². The van der Waals surface area contributed by atoms with Crippen LogP contribution in [0.3, 0.4) is 0 Å². The summed E-state index contributed by atoms with van der Waals surface area (Å²) in [4.78, 5) is 25.4. The molecule has 1 aliphatic heterocycles. The largest absolute Gasteiger partial charge is 0.401 e. The molecule has 4 unspecified atom stereocenters. The number of rotatable bonds is 9. The Kier molecular flexibility index (Phi) is 9.01. The van der Waals surface area contributed by atoms with E-state index in [2.05, 4.69) is 46.4 Å². The molecule has 0 saturated carbocycles. The molecule has 1 fully saturated rings. The van der Waals surface area contributed by atoms with Crippen molar-refractivity contribution >= 4 is 28.7 Å². The third kappa shape index (κ3) is 7.61. The van der Waals surface area contributed by atoms with Gasteiger partial charge in [0.15, 0.2) is 17.7 Å². The first kappa shape index (κ1) is 30.4. The number of halogens is 3. The van der Waals surface area contributed by atoms with Crippen molar-refractivity contribution in [2.24, 2.45) is 0 Å². The molecule has 2 aromatic heterocycles. The lowest BCUT2D eigenvalue weighted by molar-refractivity contribution is -0.151. The van der Waals surface area contributed by atoms with Crippen LogP contribution in [-0.2, 0) is 10.2 Å². The van der Waals surface area contributed by atoms with Crippen LogP contribution < -0.4 is 16.4 Å². The summed E-state index contributed by atoms with van der Waals surface area (Å²) >= 11 is 0. The SMILES string of the molecule is CC(C)(C)c1ccc(NC(=O)NCCCN(CC2OC(n3cnc4c(N)ncnc43)C(O)C2O)CC(F)(F)F)cc1. The standard InChI is InChI=1S/C26H35F3N8O4/c1-25(2,3)15-5-7-16(8-6-15)35-24(40)31-9-4-10-36(12-26(27,28)29)11-17-19(38)20(39)23(41-17)37-14-34-18-21(30)32-13-33-22(18)37/h5-8,13-14,17,19-20,23,38-39H,4,9-12H2,1-3H3,(H2,30,32,33)(H2,31,35,40). The van der Waals surface area contributed by atoms with Crippen molar-refractivity contribution in [2.75, 3.05) is 37.2 Å². The van der Waals surface area contributed by atoms with Crippen molar-refractivity contribution in [3.05, 3.63) is 42.5 Å². The number of anilines is 2. The summed E-state index contributed by atoms with van der Waals surface area (Å²) in [6.07, 6.45) is -7.02. The summed E-state index contributed by atoms with van der Waals surface area (Å²) in [7, 11) is 0. The summed E-state index contributed by atoms with van der Waals surface area (Å²) in [6.45, 7) is 4.73. The van der Waals surface area contributed by atoms with Crippen molar-refractivity contribution in [3.8, 4) is 0 Å². The van der Waals surface area contributed by atoms with Crippen LogP contribution in [0.4, 0.5) is 29.5 Å². The number of amides is 2. The minimum atomic E-state index is -4.51. The van der Waals surface area contributed by atoms with Crippen molar-refractivity contribution in [2.45, 2.75) is 63.3 Å². The van der Waals surface area contributed by atoms with Gasteiger partial charge in [-0.15, -0.1) is 0 Å². The zero-order valence-electron chi connectivity index (χ0n) is 23.0. The highest BCUT2D eigenvalue weighted by Crippen LogP contribution is 2.33. The number of carbonyl (C=O) groups is 1. The lowest BCUT2D eigenvalue weighted by atomic mass is 9.87. The van der Waals surface area contributed by atoms with Gasteiger partial charge in [-0.2, -0.15) is 13.2 Å². The minimum absolute atomic E-state index is 0.0288. The fourth-order valence-corrected chi connectivity index (χ4v) is 4.64. The van der Waals surface area contributed by atoms with Crippen molar-refractivity contribution in [1.29, 1.82) is 0 Å². The van der Waals surface area contributed by atoms with E-state index in [0.29, 0.717) is 5.69 Å². The van der Waals surface area contributed by atoms with Crippen LogP contribution in [0, 0.1) is 0 Å². The maximum absolute atomic E-state index is 13.3. The number of nitrogens with one attached hydrogen (secondary N) is 2. The van der Waals surface area contributed by atoms with Gasteiger partial charge in [-0.3, -0.25) is 9.47 Å². The molecule has 1 aromatic carbocycles. The number of benzene rings is 1. The Hall–Kier alpha value is -3.53. The van der Waals surface area contributed by atoms with Gasteiger partial charge >= 0.3 is 12.2 Å². The normalized spacial score (nSPS) is 21.5. The number of imidazole rings is 1. The van der Waals surface area contributed by atoms with Gasteiger partial charge in [-0.05, 0) is 29.5 Å². The second kappa shape index (κ2) is 12.1. The predicted octanol–water partition coefficient (Wildman–Crippen LogP) is 2.40. The Bertz CT molecular complexity index is 1330. The number of nitrogens with two attached hydrogens (primary N) is 1. The van der Waals surface area contributed by atoms with E-state index in [1.807, 2.05) is 12.1 Å². The molecular formula is C26H35F3N8O4. The molecule has 4 rings (SSSR count). The fraction of sp³-hybridized carbons (Fsp3) is 0.538. The van der Waals surface area contributed by atoms with E-state index >= 15 is 0 Å². The quantitative estimate of drug-likeness (QED) is 0.239. The number of fused-ring (bicyclic) bond motifs is 1. The number of alkyl halides is 3. The molecule has 4 atom stereocenters. The third-order valence-electron chi connectivity index (χ3n) is 6.78. The average molecular weight is 581 g/mol. The predicted molar refractivity (Wildman–Crippen MR) is 145 cm³/mol. The summed E-state index contributed by atoms with van der Waals surface area (Å²) in [5.41, 5.74) is 7.98. The highest BCUT2D eigenvalue weighted by Gasteiger charge is 2.45. The van der Waals surface area contributed by atoms with Crippen LogP contribution in [-0.4, -0.2) is 91.3 Å². The Morgan fingerprint density at radius 2 is 1.83 bits per heavy atom. The highest BCUT2D eigenvalue weighted by molar-refractivity contribution is 5.89. The van der Waals surface area contributed by atoms with Crippen LogP contribution in [0.25, 0.3) is 11.2 Å².